The third-order valence-corrected chi connectivity index (χ3v) is 2.96. The van der Waals surface area contributed by atoms with Crippen LogP contribution in [0.1, 0.15) is 0 Å². The molecule has 108 valence electrons. The Kier molecular flexibility index (Phi) is 6.91. The summed E-state index contributed by atoms with van der Waals surface area (Å²) >= 11 is 0. The Morgan fingerprint density at radius 1 is 1.06 bits per heavy atom. The Bertz CT molecular complexity index is 218. The molecule has 1 rings (SSSR count). The fourth-order valence-electron chi connectivity index (χ4n) is 1.96. The predicted molar refractivity (Wildman–Crippen MR) is 63.7 cm³/mol. The average Bonchev–Trinajstić information content (AvgIpc) is 2.29. The van der Waals surface area contributed by atoms with Gasteiger partial charge in [-0.3, -0.25) is 9.80 Å². The van der Waals surface area contributed by atoms with Gasteiger partial charge in [-0.15, -0.1) is 0 Å². The van der Waals surface area contributed by atoms with Crippen molar-refractivity contribution in [3.05, 3.63) is 0 Å². The number of nitrogens with one attached hydrogen (secondary N) is 1. The van der Waals surface area contributed by atoms with Gasteiger partial charge in [-0.1, -0.05) is 0 Å². The highest BCUT2D eigenvalue weighted by atomic mass is 19.4. The third-order valence-electron chi connectivity index (χ3n) is 2.96. The van der Waals surface area contributed by atoms with E-state index in [9.17, 15) is 13.2 Å². The second kappa shape index (κ2) is 7.93. The fraction of sp³-hybridized carbons (Fsp3) is 1.00. The van der Waals surface area contributed by atoms with Crippen LogP contribution in [0.3, 0.4) is 0 Å². The first-order chi connectivity index (χ1) is 8.51. The molecule has 0 amide bonds. The van der Waals surface area contributed by atoms with E-state index in [-0.39, 0.29) is 0 Å². The minimum atomic E-state index is -4.08. The number of ether oxygens (including phenoxy) is 1. The maximum atomic E-state index is 12.2. The molecule has 1 aliphatic rings. The van der Waals surface area contributed by atoms with Crippen LogP contribution < -0.4 is 5.32 Å². The normalized spacial score (nSPS) is 19.3. The molecule has 0 bridgehead atoms. The van der Waals surface area contributed by atoms with Crippen molar-refractivity contribution in [1.29, 1.82) is 0 Å². The van der Waals surface area contributed by atoms with E-state index in [0.29, 0.717) is 32.8 Å². The van der Waals surface area contributed by atoms with E-state index in [2.05, 4.69) is 10.2 Å². The van der Waals surface area contributed by atoms with Crippen LogP contribution in [-0.2, 0) is 4.74 Å². The van der Waals surface area contributed by atoms with Crippen LogP contribution in [0.25, 0.3) is 0 Å². The molecule has 1 heterocycles. The number of hydrogen-bond acceptors (Lipinski definition) is 4. The molecule has 0 aromatic carbocycles. The van der Waals surface area contributed by atoms with Crippen LogP contribution in [0.2, 0.25) is 0 Å². The smallest absolute Gasteiger partial charge is 0.383 e. The Morgan fingerprint density at radius 3 is 2.22 bits per heavy atom. The predicted octanol–water partition coefficient (Wildman–Crippen LogP) is 0.402. The van der Waals surface area contributed by atoms with Crippen molar-refractivity contribution in [3.63, 3.8) is 0 Å². The maximum Gasteiger partial charge on any atom is 0.401 e. The number of methoxy groups -OCH3 is 1. The molecule has 0 aromatic rings. The molecular formula is C11H22F3N3O. The van der Waals surface area contributed by atoms with Crippen molar-refractivity contribution in [2.75, 3.05) is 66.1 Å². The SMILES string of the molecule is COCCNCCN1CCN(CC(F)(F)F)CC1. The zero-order chi connectivity index (χ0) is 13.4. The molecule has 1 aliphatic heterocycles. The molecule has 0 unspecified atom stereocenters. The van der Waals surface area contributed by atoms with E-state index in [1.54, 1.807) is 7.11 Å². The van der Waals surface area contributed by atoms with Gasteiger partial charge in [-0.05, 0) is 0 Å². The van der Waals surface area contributed by atoms with Crippen molar-refractivity contribution in [2.24, 2.45) is 0 Å². The van der Waals surface area contributed by atoms with E-state index in [1.807, 2.05) is 0 Å². The summed E-state index contributed by atoms with van der Waals surface area (Å²) in [6.45, 7) is 4.85. The lowest BCUT2D eigenvalue weighted by Crippen LogP contribution is -2.50. The summed E-state index contributed by atoms with van der Waals surface area (Å²) in [5.74, 6) is 0. The lowest BCUT2D eigenvalue weighted by atomic mass is 10.3. The Balaban J connectivity index is 2.05. The maximum absolute atomic E-state index is 12.2. The van der Waals surface area contributed by atoms with Gasteiger partial charge in [-0.2, -0.15) is 13.2 Å². The first-order valence-electron chi connectivity index (χ1n) is 6.22. The molecule has 1 fully saturated rings. The van der Waals surface area contributed by atoms with Gasteiger partial charge in [0, 0.05) is 52.9 Å². The highest BCUT2D eigenvalue weighted by Crippen LogP contribution is 2.17. The first kappa shape index (κ1) is 15.7. The summed E-state index contributed by atoms with van der Waals surface area (Å²) in [4.78, 5) is 3.65. The molecule has 0 atom stereocenters. The van der Waals surface area contributed by atoms with Gasteiger partial charge in [0.1, 0.15) is 0 Å². The second-order valence-electron chi connectivity index (χ2n) is 4.48. The van der Waals surface area contributed by atoms with Gasteiger partial charge in [0.15, 0.2) is 0 Å². The largest absolute Gasteiger partial charge is 0.401 e. The molecule has 1 N–H and O–H groups in total. The zero-order valence-electron chi connectivity index (χ0n) is 10.8. The van der Waals surface area contributed by atoms with E-state index in [4.69, 9.17) is 4.74 Å². The Morgan fingerprint density at radius 2 is 1.67 bits per heavy atom. The third kappa shape index (κ3) is 7.15. The molecule has 0 radical (unpaired) electrons. The van der Waals surface area contributed by atoms with Crippen LogP contribution in [-0.4, -0.2) is 82.1 Å². The summed E-state index contributed by atoms with van der Waals surface area (Å²) < 4.78 is 41.4. The number of piperazine rings is 1. The van der Waals surface area contributed by atoms with Crippen LogP contribution in [0, 0.1) is 0 Å². The Labute approximate surface area is 106 Å². The first-order valence-corrected chi connectivity index (χ1v) is 6.22. The van der Waals surface area contributed by atoms with Crippen LogP contribution in [0.4, 0.5) is 13.2 Å². The topological polar surface area (TPSA) is 27.7 Å². The van der Waals surface area contributed by atoms with E-state index >= 15 is 0 Å². The molecular weight excluding hydrogens is 247 g/mol. The molecule has 7 heteroatoms. The molecule has 0 aliphatic carbocycles. The number of hydrogen-bond donors (Lipinski definition) is 1. The van der Waals surface area contributed by atoms with Crippen molar-refractivity contribution >= 4 is 0 Å². The summed E-state index contributed by atoms with van der Waals surface area (Å²) in [5, 5.41) is 3.22. The summed E-state index contributed by atoms with van der Waals surface area (Å²) in [6, 6.07) is 0. The molecule has 0 saturated carbocycles. The summed E-state index contributed by atoms with van der Waals surface area (Å²) in [5.41, 5.74) is 0. The van der Waals surface area contributed by atoms with Crippen molar-refractivity contribution < 1.29 is 17.9 Å². The van der Waals surface area contributed by atoms with E-state index < -0.39 is 12.7 Å². The van der Waals surface area contributed by atoms with Gasteiger partial charge in [0.25, 0.3) is 0 Å². The molecule has 4 nitrogen and oxygen atoms in total. The number of rotatable bonds is 7. The number of alkyl halides is 3. The van der Waals surface area contributed by atoms with Crippen LogP contribution >= 0.6 is 0 Å². The molecule has 18 heavy (non-hydrogen) atoms. The zero-order valence-corrected chi connectivity index (χ0v) is 10.8. The molecule has 1 saturated heterocycles. The van der Waals surface area contributed by atoms with Gasteiger partial charge in [0.05, 0.1) is 13.2 Å². The van der Waals surface area contributed by atoms with Crippen molar-refractivity contribution in [1.82, 2.24) is 15.1 Å². The van der Waals surface area contributed by atoms with Crippen molar-refractivity contribution in [2.45, 2.75) is 6.18 Å². The monoisotopic (exact) mass is 269 g/mol. The minimum Gasteiger partial charge on any atom is -0.383 e. The van der Waals surface area contributed by atoms with Crippen molar-refractivity contribution in [3.8, 4) is 0 Å². The van der Waals surface area contributed by atoms with E-state index in [0.717, 1.165) is 19.6 Å². The molecule has 0 aromatic heterocycles. The lowest BCUT2D eigenvalue weighted by Gasteiger charge is -2.34. The minimum absolute atomic E-state index is 0.498. The quantitative estimate of drug-likeness (QED) is 0.677. The van der Waals surface area contributed by atoms with Crippen LogP contribution in [0.5, 0.6) is 0 Å². The fourth-order valence-corrected chi connectivity index (χ4v) is 1.96. The average molecular weight is 269 g/mol. The summed E-state index contributed by atoms with van der Waals surface area (Å²) in [7, 11) is 1.65. The second-order valence-corrected chi connectivity index (χ2v) is 4.48. The Hall–Kier alpha value is -0.370. The van der Waals surface area contributed by atoms with Crippen LogP contribution in [0.15, 0.2) is 0 Å². The lowest BCUT2D eigenvalue weighted by molar-refractivity contribution is -0.149. The highest BCUT2D eigenvalue weighted by Gasteiger charge is 2.31. The number of nitrogens with zero attached hydrogens (tertiary/aromatic N) is 2. The highest BCUT2D eigenvalue weighted by molar-refractivity contribution is 4.74. The van der Waals surface area contributed by atoms with Gasteiger partial charge in [-0.25, -0.2) is 0 Å². The summed E-state index contributed by atoms with van der Waals surface area (Å²) in [6.07, 6.45) is -4.08. The van der Waals surface area contributed by atoms with Gasteiger partial charge < -0.3 is 10.1 Å². The van der Waals surface area contributed by atoms with Gasteiger partial charge >= 0.3 is 6.18 Å². The standard InChI is InChI=1S/C11H22F3N3O/c1-18-9-3-15-2-4-16-5-7-17(8-6-16)10-11(12,13)14/h15H,2-10H2,1H3. The molecule has 0 spiro atoms. The van der Waals surface area contributed by atoms with E-state index in [1.165, 1.54) is 4.90 Å². The number of halogens is 3. The van der Waals surface area contributed by atoms with Gasteiger partial charge in [0.2, 0.25) is 0 Å².